The van der Waals surface area contributed by atoms with Gasteiger partial charge in [0.05, 0.1) is 11.1 Å². The van der Waals surface area contributed by atoms with Gasteiger partial charge in [0.15, 0.2) is 5.65 Å². The predicted octanol–water partition coefficient (Wildman–Crippen LogP) is 2.22. The lowest BCUT2D eigenvalue weighted by molar-refractivity contribution is -0.146. The number of anilines is 2. The van der Waals surface area contributed by atoms with Gasteiger partial charge in [0, 0.05) is 31.7 Å². The molecule has 0 bridgehead atoms. The number of hydrogen-bond acceptors (Lipinski definition) is 7. The summed E-state index contributed by atoms with van der Waals surface area (Å²) in [6.07, 6.45) is -3.75. The van der Waals surface area contributed by atoms with Crippen LogP contribution in [0.1, 0.15) is 39.4 Å². The van der Waals surface area contributed by atoms with E-state index in [0.717, 1.165) is 4.90 Å². The second kappa shape index (κ2) is 7.78. The van der Waals surface area contributed by atoms with Gasteiger partial charge in [-0.1, -0.05) is 0 Å². The molecule has 0 radical (unpaired) electrons. The molecule has 2 aromatic heterocycles. The number of carbonyl (C=O) groups is 3. The SMILES string of the molecule is CN1C(=O)c2ccc(NC(=O)C3CCN(c4ccc5nnc(C(F)(F)F)n5n4)CC3)cc2C1=O. The number of benzene rings is 1. The zero-order valence-electron chi connectivity index (χ0n) is 17.8. The van der Waals surface area contributed by atoms with Crippen LogP contribution in [-0.2, 0) is 11.0 Å². The van der Waals surface area contributed by atoms with Crippen molar-refractivity contribution in [3.05, 3.63) is 47.3 Å². The van der Waals surface area contributed by atoms with Crippen LogP contribution in [-0.4, -0.2) is 62.6 Å². The summed E-state index contributed by atoms with van der Waals surface area (Å²) in [5.74, 6) is -2.22. The molecule has 0 aliphatic carbocycles. The Morgan fingerprint density at radius 1 is 1.03 bits per heavy atom. The Morgan fingerprint density at radius 2 is 1.74 bits per heavy atom. The van der Waals surface area contributed by atoms with E-state index >= 15 is 0 Å². The molecule has 1 saturated heterocycles. The van der Waals surface area contributed by atoms with E-state index in [2.05, 4.69) is 20.6 Å². The molecule has 13 heteroatoms. The predicted molar refractivity (Wildman–Crippen MR) is 112 cm³/mol. The van der Waals surface area contributed by atoms with E-state index in [9.17, 15) is 27.6 Å². The number of imide groups is 1. The number of hydrogen-bond donors (Lipinski definition) is 1. The third-order valence-corrected chi connectivity index (χ3v) is 6.05. The molecule has 5 rings (SSSR count). The average Bonchev–Trinajstić information content (AvgIpc) is 3.34. The van der Waals surface area contributed by atoms with Crippen molar-refractivity contribution in [1.82, 2.24) is 24.7 Å². The molecule has 3 amide bonds. The number of carbonyl (C=O) groups excluding carboxylic acids is 3. The molecular formula is C21H18F3N7O3. The molecule has 34 heavy (non-hydrogen) atoms. The highest BCUT2D eigenvalue weighted by molar-refractivity contribution is 6.21. The van der Waals surface area contributed by atoms with E-state index in [0.29, 0.717) is 47.5 Å². The van der Waals surface area contributed by atoms with Gasteiger partial charge in [-0.2, -0.15) is 17.7 Å². The van der Waals surface area contributed by atoms with Crippen molar-refractivity contribution in [2.24, 2.45) is 5.92 Å². The number of aromatic nitrogens is 4. The first-order valence-electron chi connectivity index (χ1n) is 10.5. The molecule has 0 unspecified atom stereocenters. The van der Waals surface area contributed by atoms with Crippen LogP contribution in [0, 0.1) is 5.92 Å². The summed E-state index contributed by atoms with van der Waals surface area (Å²) in [4.78, 5) is 39.8. The Morgan fingerprint density at radius 3 is 2.44 bits per heavy atom. The summed E-state index contributed by atoms with van der Waals surface area (Å²) in [7, 11) is 1.40. The molecule has 1 aromatic carbocycles. The number of alkyl halides is 3. The van der Waals surface area contributed by atoms with Gasteiger partial charge in [-0.3, -0.25) is 19.3 Å². The fraction of sp³-hybridized carbons (Fsp3) is 0.333. The maximum Gasteiger partial charge on any atom is 0.453 e. The molecule has 176 valence electrons. The standard InChI is InChI=1S/C21H18F3N7O3/c1-29-18(33)13-3-2-12(10-14(13)19(29)34)25-17(32)11-6-8-30(9-7-11)16-5-4-15-26-27-20(21(22,23)24)31(15)28-16/h2-5,10-11H,6-9H2,1H3,(H,25,32). The third kappa shape index (κ3) is 3.62. The molecule has 2 aliphatic rings. The van der Waals surface area contributed by atoms with Gasteiger partial charge in [-0.05, 0) is 43.2 Å². The molecule has 0 spiro atoms. The zero-order valence-corrected chi connectivity index (χ0v) is 17.8. The minimum absolute atomic E-state index is 0.00828. The van der Waals surface area contributed by atoms with Crippen molar-refractivity contribution in [1.29, 1.82) is 0 Å². The van der Waals surface area contributed by atoms with Crippen molar-refractivity contribution >= 4 is 34.9 Å². The van der Waals surface area contributed by atoms with Crippen LogP contribution >= 0.6 is 0 Å². The van der Waals surface area contributed by atoms with Gasteiger partial charge in [0.2, 0.25) is 5.91 Å². The topological polar surface area (TPSA) is 113 Å². The van der Waals surface area contributed by atoms with Crippen LogP contribution in [0.2, 0.25) is 0 Å². The van der Waals surface area contributed by atoms with Gasteiger partial charge in [0.25, 0.3) is 17.6 Å². The van der Waals surface area contributed by atoms with Crippen molar-refractivity contribution in [3.63, 3.8) is 0 Å². The summed E-state index contributed by atoms with van der Waals surface area (Å²) < 4.78 is 40.0. The van der Waals surface area contributed by atoms with Crippen molar-refractivity contribution in [2.45, 2.75) is 19.0 Å². The lowest BCUT2D eigenvalue weighted by Crippen LogP contribution is -2.38. The molecule has 0 atom stereocenters. The Balaban J connectivity index is 1.25. The van der Waals surface area contributed by atoms with Gasteiger partial charge in [-0.15, -0.1) is 15.3 Å². The smallest absolute Gasteiger partial charge is 0.355 e. The molecule has 2 aliphatic heterocycles. The summed E-state index contributed by atoms with van der Waals surface area (Å²) in [6, 6.07) is 7.57. The third-order valence-electron chi connectivity index (χ3n) is 6.05. The molecule has 1 N–H and O–H groups in total. The molecular weight excluding hydrogens is 455 g/mol. The van der Waals surface area contributed by atoms with Crippen molar-refractivity contribution in [3.8, 4) is 0 Å². The maximum absolute atomic E-state index is 13.1. The number of rotatable bonds is 3. The highest BCUT2D eigenvalue weighted by Crippen LogP contribution is 2.29. The van der Waals surface area contributed by atoms with Crippen LogP contribution in [0.4, 0.5) is 24.7 Å². The normalized spacial score (nSPS) is 16.9. The Kier molecular flexibility index (Phi) is 4.99. The van der Waals surface area contributed by atoms with Crippen LogP contribution in [0.5, 0.6) is 0 Å². The minimum atomic E-state index is -4.68. The van der Waals surface area contributed by atoms with Crippen LogP contribution < -0.4 is 10.2 Å². The Labute approximate surface area is 190 Å². The van der Waals surface area contributed by atoms with Crippen LogP contribution in [0.3, 0.4) is 0 Å². The fourth-order valence-electron chi connectivity index (χ4n) is 4.18. The van der Waals surface area contributed by atoms with E-state index in [1.54, 1.807) is 17.0 Å². The number of halogens is 3. The van der Waals surface area contributed by atoms with Gasteiger partial charge < -0.3 is 10.2 Å². The summed E-state index contributed by atoms with van der Waals surface area (Å²) in [5.41, 5.74) is 0.951. The van der Waals surface area contributed by atoms with E-state index < -0.39 is 17.9 Å². The summed E-state index contributed by atoms with van der Waals surface area (Å²) >= 11 is 0. The van der Waals surface area contributed by atoms with Crippen molar-refractivity contribution < 1.29 is 27.6 Å². The number of piperidine rings is 1. The Bertz CT molecular complexity index is 1330. The van der Waals surface area contributed by atoms with E-state index in [1.165, 1.54) is 25.2 Å². The number of nitrogens with zero attached hydrogens (tertiary/aromatic N) is 6. The molecule has 4 heterocycles. The fourth-order valence-corrected chi connectivity index (χ4v) is 4.18. The van der Waals surface area contributed by atoms with E-state index in [-0.39, 0.29) is 28.9 Å². The highest BCUT2D eigenvalue weighted by Gasteiger charge is 2.38. The monoisotopic (exact) mass is 473 g/mol. The van der Waals surface area contributed by atoms with E-state index in [1.807, 2.05) is 0 Å². The first-order chi connectivity index (χ1) is 16.1. The largest absolute Gasteiger partial charge is 0.453 e. The minimum Gasteiger partial charge on any atom is -0.355 e. The van der Waals surface area contributed by atoms with Crippen LogP contribution in [0.25, 0.3) is 5.65 Å². The lowest BCUT2D eigenvalue weighted by Gasteiger charge is -2.32. The summed E-state index contributed by atoms with van der Waals surface area (Å²) in [6.45, 7) is 0.837. The summed E-state index contributed by atoms with van der Waals surface area (Å²) in [5, 5.41) is 13.5. The number of amides is 3. The second-order valence-electron chi connectivity index (χ2n) is 8.16. The van der Waals surface area contributed by atoms with Gasteiger partial charge >= 0.3 is 6.18 Å². The van der Waals surface area contributed by atoms with Crippen molar-refractivity contribution in [2.75, 3.05) is 30.4 Å². The van der Waals surface area contributed by atoms with E-state index in [4.69, 9.17) is 0 Å². The highest BCUT2D eigenvalue weighted by atomic mass is 19.4. The van der Waals surface area contributed by atoms with Crippen LogP contribution in [0.15, 0.2) is 30.3 Å². The number of nitrogens with one attached hydrogen (secondary N) is 1. The molecule has 3 aromatic rings. The molecule has 1 fully saturated rings. The maximum atomic E-state index is 13.1. The second-order valence-corrected chi connectivity index (χ2v) is 8.16. The van der Waals surface area contributed by atoms with Gasteiger partial charge in [0.1, 0.15) is 5.82 Å². The van der Waals surface area contributed by atoms with Gasteiger partial charge in [-0.25, -0.2) is 0 Å². The molecule has 10 nitrogen and oxygen atoms in total. The average molecular weight is 473 g/mol. The quantitative estimate of drug-likeness (QED) is 0.581. The zero-order chi connectivity index (χ0) is 24.2. The number of fused-ring (bicyclic) bond motifs is 2. The first-order valence-corrected chi connectivity index (χ1v) is 10.5. The molecule has 0 saturated carbocycles. The lowest BCUT2D eigenvalue weighted by atomic mass is 9.95. The first kappa shape index (κ1) is 21.8. The Hall–Kier alpha value is -4.03.